The SMILES string of the molecule is CC(C)(C)OC(=O)N1CCC(c2ccc(F)c(CO)c2)C(CO[Si](C)(C)C(C)(C)C)C1. The summed E-state index contributed by atoms with van der Waals surface area (Å²) in [5, 5.41) is 9.59. The van der Waals surface area contributed by atoms with E-state index in [0.29, 0.717) is 25.3 Å². The molecule has 2 atom stereocenters. The molecule has 2 rings (SSSR count). The molecule has 1 N–H and O–H groups in total. The Hall–Kier alpha value is -1.44. The van der Waals surface area contributed by atoms with Crippen molar-refractivity contribution in [3.05, 3.63) is 35.1 Å². The third-order valence-electron chi connectivity index (χ3n) is 6.52. The van der Waals surface area contributed by atoms with E-state index in [1.807, 2.05) is 20.8 Å². The Bertz CT molecular complexity index is 770. The van der Waals surface area contributed by atoms with Crippen molar-refractivity contribution in [2.45, 2.75) is 84.2 Å². The average Bonchev–Trinajstić information content (AvgIpc) is 2.64. The first-order valence-corrected chi connectivity index (χ1v) is 14.1. The Kier molecular flexibility index (Phi) is 7.98. The first-order chi connectivity index (χ1) is 14.1. The number of ether oxygens (including phenoxy) is 1. The molecule has 0 aromatic heterocycles. The van der Waals surface area contributed by atoms with E-state index in [9.17, 15) is 14.3 Å². The molecule has 31 heavy (non-hydrogen) atoms. The third-order valence-corrected chi connectivity index (χ3v) is 11.0. The minimum Gasteiger partial charge on any atom is -0.444 e. The fourth-order valence-corrected chi connectivity index (χ4v) is 4.67. The smallest absolute Gasteiger partial charge is 0.410 e. The maximum Gasteiger partial charge on any atom is 0.410 e. The van der Waals surface area contributed by atoms with Gasteiger partial charge in [0, 0.05) is 31.2 Å². The van der Waals surface area contributed by atoms with Gasteiger partial charge in [-0.3, -0.25) is 0 Å². The molecule has 1 amide bonds. The molecule has 5 nitrogen and oxygen atoms in total. The molecule has 176 valence electrons. The van der Waals surface area contributed by atoms with Crippen molar-refractivity contribution < 1.29 is 23.5 Å². The second kappa shape index (κ2) is 9.59. The van der Waals surface area contributed by atoms with Crippen molar-refractivity contribution in [3.8, 4) is 0 Å². The summed E-state index contributed by atoms with van der Waals surface area (Å²) in [4.78, 5) is 14.5. The Balaban J connectivity index is 2.26. The van der Waals surface area contributed by atoms with Crippen molar-refractivity contribution in [2.75, 3.05) is 19.7 Å². The Morgan fingerprint density at radius 2 is 1.87 bits per heavy atom. The fraction of sp³-hybridized carbons (Fsp3) is 0.708. The molecule has 7 heteroatoms. The number of aliphatic hydroxyl groups excluding tert-OH is 1. The number of aliphatic hydroxyl groups is 1. The first-order valence-electron chi connectivity index (χ1n) is 11.2. The standard InChI is InChI=1S/C24H40FNO4Si/c1-23(2,3)30-22(28)26-12-11-20(17-9-10-21(25)18(13-17)15-27)19(14-26)16-29-31(7,8)24(4,5)6/h9-10,13,19-20,27H,11-12,14-16H2,1-8H3. The zero-order valence-electron chi connectivity index (χ0n) is 20.4. The van der Waals surface area contributed by atoms with E-state index in [0.717, 1.165) is 12.0 Å². The summed E-state index contributed by atoms with van der Waals surface area (Å²) in [7, 11) is -1.97. The molecular weight excluding hydrogens is 413 g/mol. The van der Waals surface area contributed by atoms with Crippen LogP contribution in [0.2, 0.25) is 18.1 Å². The number of piperidine rings is 1. The van der Waals surface area contributed by atoms with E-state index >= 15 is 0 Å². The molecule has 1 fully saturated rings. The number of likely N-dealkylation sites (tertiary alicyclic amines) is 1. The van der Waals surface area contributed by atoms with Crippen molar-refractivity contribution in [1.82, 2.24) is 4.90 Å². The van der Waals surface area contributed by atoms with Gasteiger partial charge in [0.1, 0.15) is 11.4 Å². The molecule has 1 aliphatic heterocycles. The molecule has 0 aliphatic carbocycles. The molecule has 1 heterocycles. The minimum atomic E-state index is -1.97. The zero-order valence-corrected chi connectivity index (χ0v) is 21.4. The van der Waals surface area contributed by atoms with Crippen LogP contribution in [0.25, 0.3) is 0 Å². The highest BCUT2D eigenvalue weighted by atomic mass is 28.4. The summed E-state index contributed by atoms with van der Waals surface area (Å²) in [6, 6.07) is 4.97. The highest BCUT2D eigenvalue weighted by Crippen LogP contribution is 2.39. The zero-order chi connectivity index (χ0) is 23.6. The Morgan fingerprint density at radius 1 is 1.23 bits per heavy atom. The monoisotopic (exact) mass is 453 g/mol. The van der Waals surface area contributed by atoms with Gasteiger partial charge < -0.3 is 19.2 Å². The molecule has 2 unspecified atom stereocenters. The van der Waals surface area contributed by atoms with Gasteiger partial charge in [-0.25, -0.2) is 9.18 Å². The van der Waals surface area contributed by atoms with Gasteiger partial charge in [-0.1, -0.05) is 32.9 Å². The summed E-state index contributed by atoms with van der Waals surface area (Å²) in [5.74, 6) is -0.215. The summed E-state index contributed by atoms with van der Waals surface area (Å²) >= 11 is 0. The van der Waals surface area contributed by atoms with Gasteiger partial charge in [0.05, 0.1) is 6.61 Å². The van der Waals surface area contributed by atoms with Gasteiger partial charge in [-0.15, -0.1) is 0 Å². The van der Waals surface area contributed by atoms with Crippen molar-refractivity contribution in [3.63, 3.8) is 0 Å². The van der Waals surface area contributed by atoms with Crippen LogP contribution in [-0.2, 0) is 15.8 Å². The van der Waals surface area contributed by atoms with Gasteiger partial charge in [-0.2, -0.15) is 0 Å². The topological polar surface area (TPSA) is 59.0 Å². The van der Waals surface area contributed by atoms with Gasteiger partial charge >= 0.3 is 6.09 Å². The molecule has 1 aromatic carbocycles. The minimum absolute atomic E-state index is 0.0624. The normalized spacial score (nSPS) is 20.6. The van der Waals surface area contributed by atoms with Crippen LogP contribution in [0.15, 0.2) is 18.2 Å². The van der Waals surface area contributed by atoms with E-state index < -0.39 is 19.7 Å². The third kappa shape index (κ3) is 6.77. The van der Waals surface area contributed by atoms with E-state index in [4.69, 9.17) is 9.16 Å². The van der Waals surface area contributed by atoms with Gasteiger partial charge in [-0.05, 0) is 62.9 Å². The van der Waals surface area contributed by atoms with Crippen LogP contribution in [0.5, 0.6) is 0 Å². The molecule has 1 aliphatic rings. The molecule has 1 aromatic rings. The van der Waals surface area contributed by atoms with E-state index in [2.05, 4.69) is 33.9 Å². The average molecular weight is 454 g/mol. The number of hydrogen-bond donors (Lipinski definition) is 1. The van der Waals surface area contributed by atoms with Crippen molar-refractivity contribution in [1.29, 1.82) is 0 Å². The van der Waals surface area contributed by atoms with Gasteiger partial charge in [0.2, 0.25) is 0 Å². The lowest BCUT2D eigenvalue weighted by Crippen LogP contribution is -2.48. The van der Waals surface area contributed by atoms with E-state index in [1.165, 1.54) is 6.07 Å². The highest BCUT2D eigenvalue weighted by Gasteiger charge is 2.40. The van der Waals surface area contributed by atoms with E-state index in [-0.39, 0.29) is 29.6 Å². The van der Waals surface area contributed by atoms with Crippen molar-refractivity contribution >= 4 is 14.4 Å². The maximum atomic E-state index is 13.9. The second-order valence-corrected chi connectivity index (χ2v) is 16.0. The summed E-state index contributed by atoms with van der Waals surface area (Å²) < 4.78 is 26.1. The molecular formula is C24H40FNO4Si. The van der Waals surface area contributed by atoms with Gasteiger partial charge in [0.25, 0.3) is 0 Å². The molecule has 0 radical (unpaired) electrons. The largest absolute Gasteiger partial charge is 0.444 e. The van der Waals surface area contributed by atoms with Crippen LogP contribution in [0.3, 0.4) is 0 Å². The van der Waals surface area contributed by atoms with Crippen LogP contribution in [0.1, 0.15) is 65.0 Å². The molecule has 0 bridgehead atoms. The number of benzene rings is 1. The Morgan fingerprint density at radius 3 is 2.42 bits per heavy atom. The molecule has 1 saturated heterocycles. The fourth-order valence-electron chi connectivity index (χ4n) is 3.61. The quantitative estimate of drug-likeness (QED) is 0.583. The van der Waals surface area contributed by atoms with Crippen LogP contribution in [0, 0.1) is 11.7 Å². The first kappa shape index (κ1) is 25.8. The van der Waals surface area contributed by atoms with Crippen LogP contribution < -0.4 is 0 Å². The molecule has 0 spiro atoms. The number of amides is 1. The second-order valence-electron chi connectivity index (χ2n) is 11.2. The highest BCUT2D eigenvalue weighted by molar-refractivity contribution is 6.74. The number of nitrogens with zero attached hydrogens (tertiary/aromatic N) is 1. The predicted molar refractivity (Wildman–Crippen MR) is 124 cm³/mol. The number of hydrogen-bond acceptors (Lipinski definition) is 4. The lowest BCUT2D eigenvalue weighted by atomic mass is 9.80. The molecule has 0 saturated carbocycles. The summed E-state index contributed by atoms with van der Waals surface area (Å²) in [6.45, 7) is 18.0. The van der Waals surface area contributed by atoms with Crippen LogP contribution >= 0.6 is 0 Å². The van der Waals surface area contributed by atoms with Crippen molar-refractivity contribution in [2.24, 2.45) is 5.92 Å². The lowest BCUT2D eigenvalue weighted by molar-refractivity contribution is 0.0106. The summed E-state index contributed by atoms with van der Waals surface area (Å²) in [6.07, 6.45) is 0.430. The van der Waals surface area contributed by atoms with Crippen LogP contribution in [-0.4, -0.2) is 49.7 Å². The lowest BCUT2D eigenvalue weighted by Gasteiger charge is -2.42. The maximum absolute atomic E-state index is 13.9. The van der Waals surface area contributed by atoms with Gasteiger partial charge in [0.15, 0.2) is 8.32 Å². The predicted octanol–water partition coefficient (Wildman–Crippen LogP) is 5.68. The van der Waals surface area contributed by atoms with E-state index in [1.54, 1.807) is 17.0 Å². The Labute approximate surface area is 188 Å². The number of carbonyl (C=O) groups is 1. The summed E-state index contributed by atoms with van der Waals surface area (Å²) in [5.41, 5.74) is 0.739. The number of rotatable bonds is 5. The van der Waals surface area contributed by atoms with Crippen LogP contribution in [0.4, 0.5) is 9.18 Å². The number of carbonyl (C=O) groups excluding carboxylic acids is 1. The number of halogens is 1.